The molecule has 0 saturated carbocycles. The lowest BCUT2D eigenvalue weighted by Gasteiger charge is -2.23. The van der Waals surface area contributed by atoms with Crippen molar-refractivity contribution in [1.82, 2.24) is 5.43 Å². The molecular weight excluding hydrogens is 510 g/mol. The number of carbonyl (C=O) groups is 2. The first-order valence-corrected chi connectivity index (χ1v) is 12.2. The fourth-order valence-corrected chi connectivity index (χ4v) is 4.51. The molecule has 188 valence electrons. The van der Waals surface area contributed by atoms with E-state index in [0.29, 0.717) is 16.3 Å². The molecule has 3 rings (SSSR count). The molecular formula is C24H22ClN3O7S. The van der Waals surface area contributed by atoms with Crippen molar-refractivity contribution in [2.75, 3.05) is 25.1 Å². The van der Waals surface area contributed by atoms with Gasteiger partial charge >= 0.3 is 6.16 Å². The summed E-state index contributed by atoms with van der Waals surface area (Å²) in [5, 5.41) is 4.27. The molecule has 0 fully saturated rings. The van der Waals surface area contributed by atoms with Gasteiger partial charge in [0.1, 0.15) is 6.54 Å². The predicted molar refractivity (Wildman–Crippen MR) is 134 cm³/mol. The zero-order valence-electron chi connectivity index (χ0n) is 19.3. The molecule has 0 aliphatic rings. The Labute approximate surface area is 213 Å². The highest BCUT2D eigenvalue weighted by Gasteiger charge is 2.27. The van der Waals surface area contributed by atoms with E-state index in [0.717, 1.165) is 4.31 Å². The lowest BCUT2D eigenvalue weighted by Crippen LogP contribution is -2.39. The molecule has 0 aromatic heterocycles. The maximum atomic E-state index is 13.3. The van der Waals surface area contributed by atoms with Gasteiger partial charge < -0.3 is 14.2 Å². The highest BCUT2D eigenvalue weighted by molar-refractivity contribution is 7.92. The smallest absolute Gasteiger partial charge is 0.493 e. The first kappa shape index (κ1) is 26.5. The maximum absolute atomic E-state index is 13.3. The minimum atomic E-state index is -4.08. The molecule has 36 heavy (non-hydrogen) atoms. The highest BCUT2D eigenvalue weighted by atomic mass is 35.5. The molecule has 12 heteroatoms. The average molecular weight is 532 g/mol. The summed E-state index contributed by atoms with van der Waals surface area (Å²) in [6.07, 6.45) is 0.418. The number of rotatable bonds is 9. The Bertz CT molecular complexity index is 1350. The lowest BCUT2D eigenvalue weighted by molar-refractivity contribution is -0.119. The molecule has 0 bridgehead atoms. The number of carbonyl (C=O) groups excluding carboxylic acids is 2. The second-order valence-corrected chi connectivity index (χ2v) is 9.36. The summed E-state index contributed by atoms with van der Waals surface area (Å²) in [5.41, 5.74) is 3.13. The van der Waals surface area contributed by atoms with Gasteiger partial charge in [-0.3, -0.25) is 9.10 Å². The van der Waals surface area contributed by atoms with Crippen LogP contribution >= 0.6 is 11.6 Å². The maximum Gasteiger partial charge on any atom is 0.513 e. The topological polar surface area (TPSA) is 124 Å². The van der Waals surface area contributed by atoms with Crippen molar-refractivity contribution in [2.45, 2.75) is 4.90 Å². The molecule has 0 aliphatic carbocycles. The van der Waals surface area contributed by atoms with Gasteiger partial charge in [-0.1, -0.05) is 29.8 Å². The number of hydrazone groups is 1. The van der Waals surface area contributed by atoms with Crippen molar-refractivity contribution in [3.8, 4) is 11.5 Å². The number of nitrogens with one attached hydrogen (secondary N) is 1. The molecule has 3 aromatic carbocycles. The fourth-order valence-electron chi connectivity index (χ4n) is 2.97. The number of methoxy groups -OCH3 is 2. The van der Waals surface area contributed by atoms with Crippen LogP contribution in [0, 0.1) is 0 Å². The third kappa shape index (κ3) is 6.74. The zero-order valence-corrected chi connectivity index (χ0v) is 20.8. The van der Waals surface area contributed by atoms with Crippen molar-refractivity contribution in [1.29, 1.82) is 0 Å². The van der Waals surface area contributed by atoms with Gasteiger partial charge in [0.05, 0.1) is 31.0 Å². The van der Waals surface area contributed by atoms with Crippen LogP contribution in [0.5, 0.6) is 11.5 Å². The van der Waals surface area contributed by atoms with Crippen LogP contribution in [-0.2, 0) is 19.6 Å². The number of hydrogen-bond acceptors (Lipinski definition) is 8. The van der Waals surface area contributed by atoms with Crippen LogP contribution in [0.1, 0.15) is 5.56 Å². The van der Waals surface area contributed by atoms with E-state index in [4.69, 9.17) is 21.1 Å². The second kappa shape index (κ2) is 12.0. The lowest BCUT2D eigenvalue weighted by atomic mass is 10.2. The first-order chi connectivity index (χ1) is 17.2. The summed E-state index contributed by atoms with van der Waals surface area (Å²) in [6, 6.07) is 18.4. The number of halogens is 1. The molecule has 3 aromatic rings. The van der Waals surface area contributed by atoms with Crippen LogP contribution < -0.4 is 19.2 Å². The monoisotopic (exact) mass is 531 g/mol. The Morgan fingerprint density at radius 1 is 1.00 bits per heavy atom. The summed E-state index contributed by atoms with van der Waals surface area (Å²) in [4.78, 5) is 23.9. The van der Waals surface area contributed by atoms with Crippen molar-refractivity contribution in [3.05, 3.63) is 83.4 Å². The number of sulfonamides is 1. The Balaban J connectivity index is 1.76. The molecule has 1 amide bonds. The Kier molecular flexibility index (Phi) is 8.87. The van der Waals surface area contributed by atoms with E-state index >= 15 is 0 Å². The van der Waals surface area contributed by atoms with E-state index in [-0.39, 0.29) is 16.4 Å². The minimum absolute atomic E-state index is 0.0200. The Morgan fingerprint density at radius 2 is 1.69 bits per heavy atom. The van der Waals surface area contributed by atoms with Gasteiger partial charge in [0.25, 0.3) is 15.9 Å². The SMILES string of the molecule is COC(=O)Oc1ccc(/C=N\NC(=O)CN(c2ccccc2)S(=O)(=O)c2ccc(Cl)cc2)cc1OC. The Morgan fingerprint density at radius 3 is 2.33 bits per heavy atom. The minimum Gasteiger partial charge on any atom is -0.493 e. The molecule has 0 atom stereocenters. The molecule has 0 heterocycles. The van der Waals surface area contributed by atoms with E-state index < -0.39 is 28.6 Å². The normalized spacial score (nSPS) is 11.1. The summed E-state index contributed by atoms with van der Waals surface area (Å²) in [7, 11) is -1.51. The molecule has 0 saturated heterocycles. The number of nitrogens with zero attached hydrogens (tertiary/aromatic N) is 2. The summed E-state index contributed by atoms with van der Waals surface area (Å²) < 4.78 is 42.1. The van der Waals surface area contributed by atoms with Gasteiger partial charge in [-0.25, -0.2) is 18.6 Å². The van der Waals surface area contributed by atoms with Gasteiger partial charge in [0.15, 0.2) is 11.5 Å². The largest absolute Gasteiger partial charge is 0.513 e. The number of ether oxygens (including phenoxy) is 3. The van der Waals surface area contributed by atoms with Crippen molar-refractivity contribution in [3.63, 3.8) is 0 Å². The standard InChI is InChI=1S/C24H22ClN3O7S/c1-33-22-14-17(8-13-21(22)35-24(30)34-2)15-26-27-23(29)16-28(19-6-4-3-5-7-19)36(31,32)20-11-9-18(25)10-12-20/h3-15H,16H2,1-2H3,(H,27,29)/b26-15-. The van der Waals surface area contributed by atoms with Gasteiger partial charge in [0, 0.05) is 5.02 Å². The van der Waals surface area contributed by atoms with Crippen LogP contribution in [0.4, 0.5) is 10.5 Å². The second-order valence-electron chi connectivity index (χ2n) is 7.06. The van der Waals surface area contributed by atoms with Crippen LogP contribution in [-0.4, -0.2) is 47.5 Å². The highest BCUT2D eigenvalue weighted by Crippen LogP contribution is 2.28. The number of anilines is 1. The molecule has 1 N–H and O–H groups in total. The van der Waals surface area contributed by atoms with Crippen molar-refractivity contribution < 1.29 is 32.2 Å². The van der Waals surface area contributed by atoms with Gasteiger partial charge in [-0.15, -0.1) is 0 Å². The van der Waals surface area contributed by atoms with E-state index in [1.807, 2.05) is 0 Å². The van der Waals surface area contributed by atoms with Crippen LogP contribution in [0.3, 0.4) is 0 Å². The van der Waals surface area contributed by atoms with E-state index in [9.17, 15) is 18.0 Å². The number of amides is 1. The molecule has 0 radical (unpaired) electrons. The third-order valence-corrected chi connectivity index (χ3v) is 6.72. The van der Waals surface area contributed by atoms with Gasteiger partial charge in [0.2, 0.25) is 0 Å². The molecule has 0 aliphatic heterocycles. The zero-order chi connectivity index (χ0) is 26.1. The number of benzene rings is 3. The molecule has 10 nitrogen and oxygen atoms in total. The van der Waals surface area contributed by atoms with Gasteiger partial charge in [-0.05, 0) is 60.2 Å². The summed E-state index contributed by atoms with van der Waals surface area (Å²) >= 11 is 5.88. The van der Waals surface area contributed by atoms with Crippen molar-refractivity contribution in [2.24, 2.45) is 5.10 Å². The van der Waals surface area contributed by atoms with E-state index in [1.165, 1.54) is 56.8 Å². The van der Waals surface area contributed by atoms with Crippen LogP contribution in [0.15, 0.2) is 82.8 Å². The third-order valence-electron chi connectivity index (χ3n) is 4.68. The van der Waals surface area contributed by atoms with E-state index in [2.05, 4.69) is 15.3 Å². The summed E-state index contributed by atoms with van der Waals surface area (Å²) in [5.74, 6) is -0.304. The van der Waals surface area contributed by atoms with Crippen LogP contribution in [0.25, 0.3) is 0 Å². The molecule has 0 spiro atoms. The number of para-hydroxylation sites is 1. The number of hydrogen-bond donors (Lipinski definition) is 1. The quantitative estimate of drug-likeness (QED) is 0.192. The summed E-state index contributed by atoms with van der Waals surface area (Å²) in [6.45, 7) is -0.526. The van der Waals surface area contributed by atoms with E-state index in [1.54, 1.807) is 36.4 Å². The predicted octanol–water partition coefficient (Wildman–Crippen LogP) is 3.84. The van der Waals surface area contributed by atoms with Gasteiger partial charge in [-0.2, -0.15) is 5.10 Å². The fraction of sp³-hybridized carbons (Fsp3) is 0.125. The average Bonchev–Trinajstić information content (AvgIpc) is 2.88. The molecule has 0 unspecified atom stereocenters. The van der Waals surface area contributed by atoms with Crippen LogP contribution in [0.2, 0.25) is 5.02 Å². The van der Waals surface area contributed by atoms with Crippen molar-refractivity contribution >= 4 is 45.6 Å². The Hall–Kier alpha value is -4.09. The first-order valence-electron chi connectivity index (χ1n) is 10.3.